The van der Waals surface area contributed by atoms with E-state index < -0.39 is 0 Å². The number of aromatic nitrogens is 1. The highest BCUT2D eigenvalue weighted by Crippen LogP contribution is 2.25. The first kappa shape index (κ1) is 11.9. The molecule has 2 saturated heterocycles. The van der Waals surface area contributed by atoms with Crippen molar-refractivity contribution in [2.75, 3.05) is 26.3 Å². The molecule has 98 valence electrons. The SMILES string of the molecule is O=C(c1cccn1C1CCNCC1)C1CCOC1. The first-order valence-electron chi connectivity index (χ1n) is 6.86. The first-order chi connectivity index (χ1) is 8.86. The molecule has 0 amide bonds. The van der Waals surface area contributed by atoms with Gasteiger partial charge in [0.25, 0.3) is 0 Å². The van der Waals surface area contributed by atoms with Gasteiger partial charge in [0.2, 0.25) is 0 Å². The third kappa shape index (κ3) is 2.22. The van der Waals surface area contributed by atoms with E-state index >= 15 is 0 Å². The van der Waals surface area contributed by atoms with Crippen molar-refractivity contribution in [3.63, 3.8) is 0 Å². The average Bonchev–Trinajstić information content (AvgIpc) is 3.10. The molecule has 4 heteroatoms. The number of Topliss-reactive ketones (excluding diaryl/α,β-unsaturated/α-hetero) is 1. The summed E-state index contributed by atoms with van der Waals surface area (Å²) in [6.07, 6.45) is 5.14. The third-order valence-corrected chi connectivity index (χ3v) is 4.03. The fourth-order valence-corrected chi connectivity index (χ4v) is 2.96. The normalized spacial score (nSPS) is 25.4. The predicted octanol–water partition coefficient (Wildman–Crippen LogP) is 1.63. The third-order valence-electron chi connectivity index (χ3n) is 4.03. The maximum Gasteiger partial charge on any atom is 0.184 e. The minimum absolute atomic E-state index is 0.0698. The lowest BCUT2D eigenvalue weighted by Gasteiger charge is -2.26. The number of ether oxygens (including phenoxy) is 1. The van der Waals surface area contributed by atoms with Gasteiger partial charge in [-0.25, -0.2) is 0 Å². The highest BCUT2D eigenvalue weighted by molar-refractivity contribution is 5.96. The van der Waals surface area contributed by atoms with Crippen molar-refractivity contribution in [1.29, 1.82) is 0 Å². The van der Waals surface area contributed by atoms with E-state index in [4.69, 9.17) is 4.74 Å². The Bertz CT molecular complexity index is 415. The number of ketones is 1. The number of hydrogen-bond donors (Lipinski definition) is 1. The number of carbonyl (C=O) groups is 1. The molecule has 1 N–H and O–H groups in total. The van der Waals surface area contributed by atoms with Gasteiger partial charge in [-0.2, -0.15) is 0 Å². The molecule has 3 heterocycles. The van der Waals surface area contributed by atoms with Crippen molar-refractivity contribution in [1.82, 2.24) is 9.88 Å². The molecular weight excluding hydrogens is 228 g/mol. The van der Waals surface area contributed by atoms with Crippen molar-refractivity contribution in [3.05, 3.63) is 24.0 Å². The fourth-order valence-electron chi connectivity index (χ4n) is 2.96. The number of nitrogens with one attached hydrogen (secondary N) is 1. The van der Waals surface area contributed by atoms with Crippen LogP contribution in [0, 0.1) is 5.92 Å². The lowest BCUT2D eigenvalue weighted by Crippen LogP contribution is -2.31. The van der Waals surface area contributed by atoms with Crippen molar-refractivity contribution >= 4 is 5.78 Å². The largest absolute Gasteiger partial charge is 0.381 e. The molecule has 18 heavy (non-hydrogen) atoms. The Morgan fingerprint density at radius 1 is 1.33 bits per heavy atom. The zero-order chi connectivity index (χ0) is 12.4. The maximum absolute atomic E-state index is 12.5. The fraction of sp³-hybridized carbons (Fsp3) is 0.643. The van der Waals surface area contributed by atoms with Gasteiger partial charge in [0.1, 0.15) is 0 Å². The second-order valence-corrected chi connectivity index (χ2v) is 5.21. The number of nitrogens with zero attached hydrogens (tertiary/aromatic N) is 1. The summed E-state index contributed by atoms with van der Waals surface area (Å²) < 4.78 is 7.50. The van der Waals surface area contributed by atoms with E-state index in [9.17, 15) is 4.79 Å². The molecule has 2 aliphatic heterocycles. The number of piperidine rings is 1. The summed E-state index contributed by atoms with van der Waals surface area (Å²) in [4.78, 5) is 12.5. The maximum atomic E-state index is 12.5. The van der Waals surface area contributed by atoms with E-state index in [2.05, 4.69) is 16.1 Å². The van der Waals surface area contributed by atoms with E-state index in [0.717, 1.165) is 44.7 Å². The van der Waals surface area contributed by atoms with E-state index in [-0.39, 0.29) is 11.7 Å². The Morgan fingerprint density at radius 2 is 2.17 bits per heavy atom. The Balaban J connectivity index is 1.79. The molecule has 1 atom stereocenters. The standard InChI is InChI=1S/C14H20N2O2/c17-14(11-5-9-18-10-11)13-2-1-8-16(13)12-3-6-15-7-4-12/h1-2,8,11-12,15H,3-7,9-10H2. The summed E-state index contributed by atoms with van der Waals surface area (Å²) in [5.41, 5.74) is 0.873. The van der Waals surface area contributed by atoms with E-state index in [0.29, 0.717) is 12.6 Å². The van der Waals surface area contributed by atoms with Crippen LogP contribution >= 0.6 is 0 Å². The van der Waals surface area contributed by atoms with E-state index in [1.54, 1.807) is 0 Å². The monoisotopic (exact) mass is 248 g/mol. The highest BCUT2D eigenvalue weighted by atomic mass is 16.5. The van der Waals surface area contributed by atoms with Gasteiger partial charge >= 0.3 is 0 Å². The lowest BCUT2D eigenvalue weighted by atomic mass is 9.99. The lowest BCUT2D eigenvalue weighted by molar-refractivity contribution is 0.0887. The van der Waals surface area contributed by atoms with Crippen LogP contribution in [0.25, 0.3) is 0 Å². The van der Waals surface area contributed by atoms with Crippen molar-refractivity contribution in [2.45, 2.75) is 25.3 Å². The Hall–Kier alpha value is -1.13. The minimum atomic E-state index is 0.0698. The molecule has 0 aliphatic carbocycles. The van der Waals surface area contributed by atoms with Crippen LogP contribution in [0.3, 0.4) is 0 Å². The van der Waals surface area contributed by atoms with Crippen LogP contribution in [0.5, 0.6) is 0 Å². The molecule has 4 nitrogen and oxygen atoms in total. The number of hydrogen-bond acceptors (Lipinski definition) is 3. The molecule has 0 aromatic carbocycles. The number of carbonyl (C=O) groups excluding carboxylic acids is 1. The van der Waals surface area contributed by atoms with Gasteiger partial charge < -0.3 is 14.6 Å². The van der Waals surface area contributed by atoms with Gasteiger partial charge in [-0.1, -0.05) is 0 Å². The summed E-state index contributed by atoms with van der Waals surface area (Å²) in [5.74, 6) is 0.330. The minimum Gasteiger partial charge on any atom is -0.381 e. The molecular formula is C14H20N2O2. The summed E-state index contributed by atoms with van der Waals surface area (Å²) in [7, 11) is 0. The molecule has 0 bridgehead atoms. The van der Waals surface area contributed by atoms with Gasteiger partial charge in [-0.05, 0) is 44.5 Å². The van der Waals surface area contributed by atoms with Crippen molar-refractivity contribution < 1.29 is 9.53 Å². The van der Waals surface area contributed by atoms with Gasteiger partial charge in [-0.15, -0.1) is 0 Å². The van der Waals surface area contributed by atoms with Crippen LogP contribution in [0.4, 0.5) is 0 Å². The van der Waals surface area contributed by atoms with Crippen molar-refractivity contribution in [3.8, 4) is 0 Å². The van der Waals surface area contributed by atoms with Gasteiger partial charge in [-0.3, -0.25) is 4.79 Å². The van der Waals surface area contributed by atoms with Crippen LogP contribution in [0.15, 0.2) is 18.3 Å². The van der Waals surface area contributed by atoms with Gasteiger partial charge in [0.05, 0.1) is 12.3 Å². The molecule has 2 fully saturated rings. The van der Waals surface area contributed by atoms with Gasteiger partial charge in [0, 0.05) is 24.8 Å². The molecule has 0 radical (unpaired) electrons. The van der Waals surface area contributed by atoms with E-state index in [1.165, 1.54) is 0 Å². The Kier molecular flexibility index (Phi) is 3.48. The van der Waals surface area contributed by atoms with Crippen molar-refractivity contribution in [2.24, 2.45) is 5.92 Å². The molecule has 1 aromatic rings. The van der Waals surface area contributed by atoms with Crippen LogP contribution in [-0.2, 0) is 4.74 Å². The molecule has 0 saturated carbocycles. The zero-order valence-corrected chi connectivity index (χ0v) is 10.6. The molecule has 2 aliphatic rings. The zero-order valence-electron chi connectivity index (χ0n) is 10.6. The summed E-state index contributed by atoms with van der Waals surface area (Å²) in [6.45, 7) is 3.41. The molecule has 1 aromatic heterocycles. The van der Waals surface area contributed by atoms with Gasteiger partial charge in [0.15, 0.2) is 5.78 Å². The summed E-state index contributed by atoms with van der Waals surface area (Å²) in [6, 6.07) is 4.43. The Morgan fingerprint density at radius 3 is 2.89 bits per heavy atom. The second-order valence-electron chi connectivity index (χ2n) is 5.21. The van der Waals surface area contributed by atoms with E-state index in [1.807, 2.05) is 12.1 Å². The smallest absolute Gasteiger partial charge is 0.184 e. The molecule has 0 spiro atoms. The summed E-state index contributed by atoms with van der Waals surface area (Å²) >= 11 is 0. The van der Waals surface area contributed by atoms with Crippen LogP contribution in [-0.4, -0.2) is 36.7 Å². The van der Waals surface area contributed by atoms with Crippen LogP contribution in [0.2, 0.25) is 0 Å². The quantitative estimate of drug-likeness (QED) is 0.827. The molecule has 1 unspecified atom stereocenters. The first-order valence-corrected chi connectivity index (χ1v) is 6.86. The highest BCUT2D eigenvalue weighted by Gasteiger charge is 2.28. The summed E-state index contributed by atoms with van der Waals surface area (Å²) in [5, 5.41) is 3.36. The average molecular weight is 248 g/mol. The topological polar surface area (TPSA) is 43.3 Å². The molecule has 3 rings (SSSR count). The van der Waals surface area contributed by atoms with Crippen LogP contribution < -0.4 is 5.32 Å². The second kappa shape index (κ2) is 5.24. The van der Waals surface area contributed by atoms with Crippen LogP contribution in [0.1, 0.15) is 35.8 Å². The number of rotatable bonds is 3. The Labute approximate surface area is 107 Å². The predicted molar refractivity (Wildman–Crippen MR) is 68.8 cm³/mol.